The maximum atomic E-state index is 3.21. The molecule has 0 bridgehead atoms. The van der Waals surface area contributed by atoms with Crippen LogP contribution in [0.4, 0.5) is 0 Å². The quantitative estimate of drug-likeness (QED) is 0.802. The van der Waals surface area contributed by atoms with E-state index in [1.54, 1.807) is 0 Å². The molecular weight excluding hydrogens is 190 g/mol. The third kappa shape index (κ3) is 3.28. The summed E-state index contributed by atoms with van der Waals surface area (Å²) in [5.41, 5.74) is 1.47. The molecule has 0 amide bonds. The standard InChI is InChI=1S/C12H19NS/c1-9(2)11(8-13-4)7-12-6-5-10(3)14-12/h5-7,9,13H,8H2,1-4H3. The van der Waals surface area contributed by atoms with Crippen molar-refractivity contribution in [1.82, 2.24) is 5.32 Å². The van der Waals surface area contributed by atoms with Crippen LogP contribution < -0.4 is 5.32 Å². The predicted molar refractivity (Wildman–Crippen MR) is 65.8 cm³/mol. The smallest absolute Gasteiger partial charge is 0.0273 e. The monoisotopic (exact) mass is 209 g/mol. The Bertz CT molecular complexity index is 310. The molecule has 1 heterocycles. The van der Waals surface area contributed by atoms with E-state index in [4.69, 9.17) is 0 Å². The first-order valence-electron chi connectivity index (χ1n) is 5.05. The van der Waals surface area contributed by atoms with Crippen LogP contribution >= 0.6 is 11.3 Å². The average Bonchev–Trinajstić information content (AvgIpc) is 2.50. The number of likely N-dealkylation sites (N-methyl/N-ethyl adjacent to an activating group) is 1. The van der Waals surface area contributed by atoms with E-state index in [2.05, 4.69) is 44.3 Å². The van der Waals surface area contributed by atoms with Gasteiger partial charge < -0.3 is 5.32 Å². The van der Waals surface area contributed by atoms with Gasteiger partial charge in [-0.2, -0.15) is 0 Å². The zero-order valence-electron chi connectivity index (χ0n) is 9.42. The molecule has 0 aliphatic rings. The van der Waals surface area contributed by atoms with Crippen molar-refractivity contribution in [3.63, 3.8) is 0 Å². The highest BCUT2D eigenvalue weighted by Gasteiger charge is 2.02. The zero-order chi connectivity index (χ0) is 10.6. The van der Waals surface area contributed by atoms with Gasteiger partial charge in [0, 0.05) is 16.3 Å². The Morgan fingerprint density at radius 2 is 2.21 bits per heavy atom. The lowest BCUT2D eigenvalue weighted by Crippen LogP contribution is -2.13. The van der Waals surface area contributed by atoms with Crippen LogP contribution in [0.25, 0.3) is 6.08 Å². The van der Waals surface area contributed by atoms with Crippen molar-refractivity contribution >= 4 is 17.4 Å². The normalized spacial score (nSPS) is 12.5. The van der Waals surface area contributed by atoms with E-state index in [9.17, 15) is 0 Å². The van der Waals surface area contributed by atoms with Gasteiger partial charge in [0.2, 0.25) is 0 Å². The molecule has 0 atom stereocenters. The van der Waals surface area contributed by atoms with Gasteiger partial charge >= 0.3 is 0 Å². The number of hydrogen-bond donors (Lipinski definition) is 1. The molecule has 0 saturated heterocycles. The van der Waals surface area contributed by atoms with E-state index < -0.39 is 0 Å². The Balaban J connectivity index is 2.81. The average molecular weight is 209 g/mol. The molecule has 1 rings (SSSR count). The number of thiophene rings is 1. The maximum absolute atomic E-state index is 3.21. The molecule has 78 valence electrons. The van der Waals surface area contributed by atoms with E-state index in [0.29, 0.717) is 5.92 Å². The summed E-state index contributed by atoms with van der Waals surface area (Å²) >= 11 is 1.86. The van der Waals surface area contributed by atoms with Gasteiger partial charge in [-0.25, -0.2) is 0 Å². The molecule has 0 radical (unpaired) electrons. The molecule has 1 N–H and O–H groups in total. The SMILES string of the molecule is CNCC(=Cc1ccc(C)s1)C(C)C. The number of aryl methyl sites for hydroxylation is 1. The molecule has 14 heavy (non-hydrogen) atoms. The minimum Gasteiger partial charge on any atom is -0.316 e. The van der Waals surface area contributed by atoms with E-state index in [1.165, 1.54) is 15.3 Å². The maximum Gasteiger partial charge on any atom is 0.0273 e. The molecule has 1 aromatic heterocycles. The highest BCUT2D eigenvalue weighted by atomic mass is 32.1. The van der Waals surface area contributed by atoms with Crippen LogP contribution in [0.5, 0.6) is 0 Å². The van der Waals surface area contributed by atoms with Crippen LogP contribution in [0.2, 0.25) is 0 Å². The summed E-state index contributed by atoms with van der Waals surface area (Å²) in [4.78, 5) is 2.74. The lowest BCUT2D eigenvalue weighted by atomic mass is 10.0. The van der Waals surface area contributed by atoms with Gasteiger partial charge in [0.1, 0.15) is 0 Å². The van der Waals surface area contributed by atoms with Gasteiger partial charge in [0.25, 0.3) is 0 Å². The van der Waals surface area contributed by atoms with Crippen molar-refractivity contribution < 1.29 is 0 Å². The summed E-state index contributed by atoms with van der Waals surface area (Å²) in [5.74, 6) is 0.616. The molecule has 2 heteroatoms. The minimum atomic E-state index is 0.616. The fourth-order valence-corrected chi connectivity index (χ4v) is 2.19. The third-order valence-electron chi connectivity index (χ3n) is 2.21. The van der Waals surface area contributed by atoms with Crippen molar-refractivity contribution in [2.75, 3.05) is 13.6 Å². The first kappa shape index (κ1) is 11.5. The summed E-state index contributed by atoms with van der Waals surface area (Å²) in [7, 11) is 2.00. The zero-order valence-corrected chi connectivity index (χ0v) is 10.2. The molecule has 0 unspecified atom stereocenters. The Hall–Kier alpha value is -0.600. The van der Waals surface area contributed by atoms with Crippen molar-refractivity contribution in [2.24, 2.45) is 5.92 Å². The molecule has 0 spiro atoms. The second-order valence-corrected chi connectivity index (χ2v) is 5.17. The Morgan fingerprint density at radius 1 is 1.50 bits per heavy atom. The molecule has 0 saturated carbocycles. The lowest BCUT2D eigenvalue weighted by Gasteiger charge is -2.09. The third-order valence-corrected chi connectivity index (χ3v) is 3.16. The van der Waals surface area contributed by atoms with Crippen LogP contribution in [-0.2, 0) is 0 Å². The van der Waals surface area contributed by atoms with Gasteiger partial charge in [-0.05, 0) is 38.1 Å². The molecule has 0 aromatic carbocycles. The van der Waals surface area contributed by atoms with Crippen LogP contribution in [0.1, 0.15) is 23.6 Å². The van der Waals surface area contributed by atoms with Gasteiger partial charge in [0.05, 0.1) is 0 Å². The Kier molecular flexibility index (Phi) is 4.36. The predicted octanol–water partition coefficient (Wildman–Crippen LogP) is 3.32. The molecular formula is C12H19NS. The lowest BCUT2D eigenvalue weighted by molar-refractivity contribution is 0.713. The number of nitrogens with one attached hydrogen (secondary N) is 1. The highest BCUT2D eigenvalue weighted by molar-refractivity contribution is 7.12. The topological polar surface area (TPSA) is 12.0 Å². The van der Waals surface area contributed by atoms with E-state index in [-0.39, 0.29) is 0 Å². The second kappa shape index (κ2) is 5.32. The summed E-state index contributed by atoms with van der Waals surface area (Å²) in [5, 5.41) is 3.21. The van der Waals surface area contributed by atoms with Crippen LogP contribution in [0.3, 0.4) is 0 Å². The van der Waals surface area contributed by atoms with Gasteiger partial charge in [-0.1, -0.05) is 19.4 Å². The first-order chi connectivity index (χ1) is 6.63. The van der Waals surface area contributed by atoms with Crippen molar-refractivity contribution in [3.8, 4) is 0 Å². The molecule has 1 nitrogen and oxygen atoms in total. The summed E-state index contributed by atoms with van der Waals surface area (Å²) in [6.07, 6.45) is 2.30. The summed E-state index contributed by atoms with van der Waals surface area (Å²) < 4.78 is 0. The Morgan fingerprint density at radius 3 is 2.64 bits per heavy atom. The Labute approximate surface area is 90.9 Å². The van der Waals surface area contributed by atoms with Crippen molar-refractivity contribution in [2.45, 2.75) is 20.8 Å². The number of rotatable bonds is 4. The largest absolute Gasteiger partial charge is 0.316 e. The molecule has 1 aromatic rings. The second-order valence-electron chi connectivity index (χ2n) is 3.85. The highest BCUT2D eigenvalue weighted by Crippen LogP contribution is 2.20. The van der Waals surface area contributed by atoms with E-state index in [0.717, 1.165) is 6.54 Å². The van der Waals surface area contributed by atoms with Gasteiger partial charge in [-0.3, -0.25) is 0 Å². The van der Waals surface area contributed by atoms with E-state index >= 15 is 0 Å². The van der Waals surface area contributed by atoms with Gasteiger partial charge in [-0.15, -0.1) is 11.3 Å². The van der Waals surface area contributed by atoms with E-state index in [1.807, 2.05) is 18.4 Å². The fraction of sp³-hybridized carbons (Fsp3) is 0.500. The first-order valence-corrected chi connectivity index (χ1v) is 5.86. The van der Waals surface area contributed by atoms with Crippen LogP contribution in [0.15, 0.2) is 17.7 Å². The van der Waals surface area contributed by atoms with Crippen LogP contribution in [0, 0.1) is 12.8 Å². The fourth-order valence-electron chi connectivity index (χ4n) is 1.34. The number of hydrogen-bond acceptors (Lipinski definition) is 2. The van der Waals surface area contributed by atoms with Gasteiger partial charge in [0.15, 0.2) is 0 Å². The van der Waals surface area contributed by atoms with Crippen molar-refractivity contribution in [1.29, 1.82) is 0 Å². The summed E-state index contributed by atoms with van der Waals surface area (Å²) in [6.45, 7) is 7.61. The van der Waals surface area contributed by atoms with Crippen molar-refractivity contribution in [3.05, 3.63) is 27.5 Å². The molecule has 0 aliphatic heterocycles. The van der Waals surface area contributed by atoms with Crippen LogP contribution in [-0.4, -0.2) is 13.6 Å². The molecule has 0 fully saturated rings. The minimum absolute atomic E-state index is 0.616. The molecule has 0 aliphatic carbocycles. The summed E-state index contributed by atoms with van der Waals surface area (Å²) in [6, 6.07) is 4.37.